The van der Waals surface area contributed by atoms with Gasteiger partial charge in [0.2, 0.25) is 5.88 Å². The summed E-state index contributed by atoms with van der Waals surface area (Å²) < 4.78 is 6.75. The quantitative estimate of drug-likeness (QED) is 0.265. The topological polar surface area (TPSA) is 112 Å². The van der Waals surface area contributed by atoms with Gasteiger partial charge in [-0.1, -0.05) is 55.8 Å². The van der Waals surface area contributed by atoms with Crippen LogP contribution in [0, 0.1) is 24.2 Å². The number of nitrogens with zero attached hydrogens (tertiary/aromatic N) is 4. The largest absolute Gasteiger partial charge is 0.471 e. The van der Waals surface area contributed by atoms with E-state index in [4.69, 9.17) is 15.5 Å². The number of nitrogens with two attached hydrogens (primary N) is 1. The number of carbonyl (C=O) groups is 1. The molecule has 2 aromatic carbocycles. The first-order valence-electron chi connectivity index (χ1n) is 17.1. The predicted molar refractivity (Wildman–Crippen MR) is 182 cm³/mol. The van der Waals surface area contributed by atoms with Gasteiger partial charge >= 0.3 is 0 Å². The van der Waals surface area contributed by atoms with Crippen LogP contribution in [0.25, 0.3) is 10.8 Å². The lowest BCUT2D eigenvalue weighted by molar-refractivity contribution is -0.922. The van der Waals surface area contributed by atoms with Gasteiger partial charge in [0, 0.05) is 24.0 Å². The van der Waals surface area contributed by atoms with Crippen LogP contribution in [-0.4, -0.2) is 83.9 Å². The fourth-order valence-electron chi connectivity index (χ4n) is 8.04. The van der Waals surface area contributed by atoms with Crippen molar-refractivity contribution in [2.24, 2.45) is 11.7 Å². The molecule has 8 heteroatoms. The first kappa shape index (κ1) is 33.8. The Bertz CT molecular complexity index is 1560. The molecule has 2 fully saturated rings. The molecule has 1 aromatic heterocycles. The zero-order chi connectivity index (χ0) is 33.0. The molecule has 1 saturated heterocycles. The lowest BCUT2D eigenvalue weighted by Gasteiger charge is -2.49. The first-order chi connectivity index (χ1) is 22.0. The number of likely N-dealkylation sites (tertiary alicyclic amines) is 1. The smallest absolute Gasteiger partial charge is 0.255 e. The molecule has 0 spiro atoms. The van der Waals surface area contributed by atoms with E-state index in [2.05, 4.69) is 63.2 Å². The van der Waals surface area contributed by atoms with Crippen LogP contribution in [0.15, 0.2) is 54.6 Å². The van der Waals surface area contributed by atoms with E-state index < -0.39 is 16.9 Å². The Hall–Kier alpha value is -3.51. The van der Waals surface area contributed by atoms with E-state index >= 15 is 0 Å². The minimum absolute atomic E-state index is 0.152. The fourth-order valence-corrected chi connectivity index (χ4v) is 8.04. The number of primary amides is 1. The van der Waals surface area contributed by atoms with Crippen molar-refractivity contribution in [1.82, 2.24) is 9.88 Å². The van der Waals surface area contributed by atoms with Gasteiger partial charge in [0.05, 0.1) is 25.6 Å². The lowest BCUT2D eigenvalue weighted by atomic mass is 9.71. The number of amides is 1. The second-order valence-electron chi connectivity index (χ2n) is 14.4. The summed E-state index contributed by atoms with van der Waals surface area (Å²) in [6.07, 6.45) is 6.61. The van der Waals surface area contributed by atoms with Crippen LogP contribution in [0.2, 0.25) is 0 Å². The number of piperidine rings is 1. The standard InChI is InChI=1S/C38H51N5O3/c1-5-6-13-31-24-30-12-8-9-14-32(30)35(41-31)46-23-22-43(3,4)34-17-16-29(25-38(34,45)36(40)44)26-42-20-18-37(27-39,19-21-42)33-15-10-7-11-28(33)2/h7-12,14-15,24,29,34,45H,5-6,13,16-23,25-26H2,1-4H3,(H-,40,44)/p+1/t29?,34-,38-/m0/s1. The van der Waals surface area contributed by atoms with Crippen molar-refractivity contribution in [2.45, 2.75) is 82.3 Å². The Morgan fingerprint density at radius 1 is 1.15 bits per heavy atom. The molecule has 1 aliphatic heterocycles. The van der Waals surface area contributed by atoms with Crippen molar-refractivity contribution in [1.29, 1.82) is 5.26 Å². The molecule has 0 radical (unpaired) electrons. The average molecular weight is 627 g/mol. The molecule has 1 amide bonds. The lowest BCUT2D eigenvalue weighted by Crippen LogP contribution is -2.68. The number of aromatic nitrogens is 1. The van der Waals surface area contributed by atoms with Gasteiger partial charge in [0.1, 0.15) is 19.2 Å². The van der Waals surface area contributed by atoms with E-state index in [-0.39, 0.29) is 12.0 Å². The molecule has 8 nitrogen and oxygen atoms in total. The van der Waals surface area contributed by atoms with E-state index in [9.17, 15) is 15.2 Å². The minimum atomic E-state index is -1.61. The number of hydrogen-bond donors (Lipinski definition) is 2. The molecule has 1 unspecified atom stereocenters. The molecule has 3 atom stereocenters. The molecule has 1 aliphatic carbocycles. The second kappa shape index (κ2) is 14.1. The van der Waals surface area contributed by atoms with Crippen molar-refractivity contribution < 1.29 is 19.1 Å². The maximum atomic E-state index is 12.9. The maximum absolute atomic E-state index is 12.9. The Labute approximate surface area is 274 Å². The van der Waals surface area contributed by atoms with Crippen LogP contribution >= 0.6 is 0 Å². The summed E-state index contributed by atoms with van der Waals surface area (Å²) in [5.41, 5.74) is 7.23. The van der Waals surface area contributed by atoms with Gasteiger partial charge in [0.15, 0.2) is 5.60 Å². The summed E-state index contributed by atoms with van der Waals surface area (Å²) in [7, 11) is 4.12. The van der Waals surface area contributed by atoms with Gasteiger partial charge in [-0.3, -0.25) is 4.79 Å². The molecule has 246 valence electrons. The van der Waals surface area contributed by atoms with Crippen LogP contribution in [0.1, 0.15) is 68.7 Å². The highest BCUT2D eigenvalue weighted by molar-refractivity contribution is 5.87. The summed E-state index contributed by atoms with van der Waals surface area (Å²) in [6.45, 7) is 7.70. The van der Waals surface area contributed by atoms with Crippen LogP contribution in [0.5, 0.6) is 5.88 Å². The average Bonchev–Trinajstić information content (AvgIpc) is 3.04. The van der Waals surface area contributed by atoms with E-state index in [0.29, 0.717) is 36.4 Å². The normalized spacial score (nSPS) is 23.6. The molecule has 3 N–H and O–H groups in total. The third kappa shape index (κ3) is 7.07. The van der Waals surface area contributed by atoms with E-state index in [1.54, 1.807) is 0 Å². The number of benzene rings is 2. The zero-order valence-corrected chi connectivity index (χ0v) is 28.2. The van der Waals surface area contributed by atoms with Gasteiger partial charge < -0.3 is 25.0 Å². The Morgan fingerprint density at radius 2 is 1.87 bits per heavy atom. The van der Waals surface area contributed by atoms with Crippen LogP contribution in [0.4, 0.5) is 0 Å². The van der Waals surface area contributed by atoms with E-state index in [1.165, 1.54) is 5.56 Å². The summed E-state index contributed by atoms with van der Waals surface area (Å²) in [6, 6.07) is 20.9. The summed E-state index contributed by atoms with van der Waals surface area (Å²) in [4.78, 5) is 20.2. The molecule has 2 aliphatic rings. The first-order valence-corrected chi connectivity index (χ1v) is 17.1. The summed E-state index contributed by atoms with van der Waals surface area (Å²) in [5.74, 6) is 0.147. The summed E-state index contributed by atoms with van der Waals surface area (Å²) in [5, 5.41) is 24.2. The minimum Gasteiger partial charge on any atom is -0.471 e. The molecule has 1 saturated carbocycles. The highest BCUT2D eigenvalue weighted by Gasteiger charge is 2.55. The van der Waals surface area contributed by atoms with Crippen LogP contribution in [0.3, 0.4) is 0 Å². The van der Waals surface area contributed by atoms with E-state index in [1.807, 2.05) is 30.3 Å². The molecule has 5 rings (SSSR count). The number of aliphatic hydroxyl groups is 1. The van der Waals surface area contributed by atoms with Gasteiger partial charge in [-0.25, -0.2) is 4.98 Å². The number of hydrogen-bond acceptors (Lipinski definition) is 6. The van der Waals surface area contributed by atoms with Crippen LogP contribution < -0.4 is 10.5 Å². The third-order valence-corrected chi connectivity index (χ3v) is 10.8. The monoisotopic (exact) mass is 626 g/mol. The van der Waals surface area contributed by atoms with Gasteiger partial charge in [-0.2, -0.15) is 5.26 Å². The molecule has 46 heavy (non-hydrogen) atoms. The number of pyridine rings is 1. The number of nitriles is 1. The number of fused-ring (bicyclic) bond motifs is 1. The molecular formula is C38H52N5O3+. The number of aryl methyl sites for hydroxylation is 2. The van der Waals surface area contributed by atoms with Crippen molar-refractivity contribution in [3.63, 3.8) is 0 Å². The fraction of sp³-hybridized carbons (Fsp3) is 0.553. The summed E-state index contributed by atoms with van der Waals surface area (Å²) >= 11 is 0. The number of ether oxygens (including phenoxy) is 1. The number of carbonyl (C=O) groups excluding carboxylic acids is 1. The predicted octanol–water partition coefficient (Wildman–Crippen LogP) is 5.28. The number of unbranched alkanes of at least 4 members (excludes halogenated alkanes) is 1. The molecule has 2 heterocycles. The highest BCUT2D eigenvalue weighted by atomic mass is 16.5. The highest BCUT2D eigenvalue weighted by Crippen LogP contribution is 2.40. The maximum Gasteiger partial charge on any atom is 0.255 e. The van der Waals surface area contributed by atoms with Crippen molar-refractivity contribution in [2.75, 3.05) is 46.9 Å². The van der Waals surface area contributed by atoms with Crippen molar-refractivity contribution in [3.8, 4) is 11.9 Å². The second-order valence-corrected chi connectivity index (χ2v) is 14.4. The molecule has 0 bridgehead atoms. The SMILES string of the molecule is CCCCc1cc2ccccc2c(OCC[N+](C)(C)[C@H]2CCC(CN3CCC(C#N)(c4ccccc4C)CC3)C[C@@]2(O)C(N)=O)n1. The number of likely N-dealkylation sites (N-methyl/N-ethyl adjacent to an activating group) is 1. The molecular weight excluding hydrogens is 574 g/mol. The zero-order valence-electron chi connectivity index (χ0n) is 28.2. The number of rotatable bonds is 12. The van der Waals surface area contributed by atoms with Crippen LogP contribution in [-0.2, 0) is 16.6 Å². The van der Waals surface area contributed by atoms with Crippen molar-refractivity contribution >= 4 is 16.7 Å². The van der Waals surface area contributed by atoms with Crippen molar-refractivity contribution in [3.05, 3.63) is 71.4 Å². The Morgan fingerprint density at radius 3 is 2.57 bits per heavy atom. The molecule has 3 aromatic rings. The Kier molecular flexibility index (Phi) is 10.4. The number of quaternary nitrogens is 1. The third-order valence-electron chi connectivity index (χ3n) is 10.8. The Balaban J connectivity index is 1.21. The van der Waals surface area contributed by atoms with E-state index in [0.717, 1.165) is 80.2 Å². The van der Waals surface area contributed by atoms with Gasteiger partial charge in [-0.05, 0) is 93.1 Å². The van der Waals surface area contributed by atoms with Gasteiger partial charge in [-0.15, -0.1) is 0 Å². The van der Waals surface area contributed by atoms with Gasteiger partial charge in [0.25, 0.3) is 5.91 Å².